The molecular formula is C27H23ClN4O7S2. The van der Waals surface area contributed by atoms with Crippen LogP contribution in [0.5, 0.6) is 0 Å². The van der Waals surface area contributed by atoms with Crippen LogP contribution in [0, 0.1) is 10.1 Å². The number of carbonyl (C=O) groups excluding carboxylic acids is 1. The van der Waals surface area contributed by atoms with Gasteiger partial charge in [-0.3, -0.25) is 19.9 Å². The molecule has 0 atom stereocenters. The monoisotopic (exact) mass is 614 g/mol. The van der Waals surface area contributed by atoms with E-state index in [1.807, 2.05) is 4.72 Å². The smallest absolute Gasteiger partial charge is 0.268 e. The minimum Gasteiger partial charge on any atom is -0.268 e. The van der Waals surface area contributed by atoms with E-state index in [0.29, 0.717) is 16.3 Å². The fourth-order valence-corrected chi connectivity index (χ4v) is 6.45. The number of benzene rings is 3. The lowest BCUT2D eigenvalue weighted by molar-refractivity contribution is -0.384. The highest BCUT2D eigenvalue weighted by atomic mass is 35.5. The van der Waals surface area contributed by atoms with Crippen molar-refractivity contribution >= 4 is 43.2 Å². The number of sulfonamides is 2. The molecule has 14 heteroatoms. The maximum atomic E-state index is 13.5. The van der Waals surface area contributed by atoms with Crippen LogP contribution >= 0.6 is 11.6 Å². The number of halogens is 1. The van der Waals surface area contributed by atoms with Crippen LogP contribution in [-0.2, 0) is 38.9 Å². The quantitative estimate of drug-likeness (QED) is 0.194. The van der Waals surface area contributed by atoms with Crippen LogP contribution in [0.1, 0.15) is 27.2 Å². The van der Waals surface area contributed by atoms with Crippen molar-refractivity contribution in [3.8, 4) is 0 Å². The zero-order chi connectivity index (χ0) is 29.6. The van der Waals surface area contributed by atoms with Gasteiger partial charge in [0.15, 0.2) is 0 Å². The summed E-state index contributed by atoms with van der Waals surface area (Å²) in [6.07, 6.45) is 1.56. The van der Waals surface area contributed by atoms with Crippen molar-refractivity contribution in [3.05, 3.63) is 135 Å². The van der Waals surface area contributed by atoms with Gasteiger partial charge in [-0.25, -0.2) is 21.6 Å². The molecule has 0 aliphatic rings. The summed E-state index contributed by atoms with van der Waals surface area (Å²) in [5.41, 5.74) is 0.956. The molecule has 0 saturated carbocycles. The zero-order valence-corrected chi connectivity index (χ0v) is 23.6. The molecule has 1 N–H and O–H groups in total. The third kappa shape index (κ3) is 7.95. The van der Waals surface area contributed by atoms with Gasteiger partial charge in [-0.2, -0.15) is 4.31 Å². The Labute approximate surface area is 241 Å². The summed E-state index contributed by atoms with van der Waals surface area (Å²) in [6.45, 7) is -0.0849. The fraction of sp³-hybridized carbons (Fsp3) is 0.111. The molecule has 0 unspecified atom stereocenters. The van der Waals surface area contributed by atoms with E-state index in [1.54, 1.807) is 24.4 Å². The van der Waals surface area contributed by atoms with Crippen molar-refractivity contribution in [2.24, 2.45) is 0 Å². The first-order valence-electron chi connectivity index (χ1n) is 12.0. The van der Waals surface area contributed by atoms with Gasteiger partial charge < -0.3 is 0 Å². The molecule has 4 rings (SSSR count). The van der Waals surface area contributed by atoms with Gasteiger partial charge in [-0.05, 0) is 59.7 Å². The minimum atomic E-state index is -4.17. The molecule has 1 heterocycles. The van der Waals surface area contributed by atoms with E-state index in [-0.39, 0.29) is 34.8 Å². The fourth-order valence-electron chi connectivity index (χ4n) is 3.83. The summed E-state index contributed by atoms with van der Waals surface area (Å²) in [4.78, 5) is 27.2. The number of carbonyl (C=O) groups is 1. The second-order valence-electron chi connectivity index (χ2n) is 8.86. The number of nitro groups is 1. The van der Waals surface area contributed by atoms with E-state index < -0.39 is 36.6 Å². The van der Waals surface area contributed by atoms with Gasteiger partial charge in [0, 0.05) is 35.5 Å². The molecule has 0 aliphatic carbocycles. The summed E-state index contributed by atoms with van der Waals surface area (Å²) in [5, 5.41) is 11.3. The minimum absolute atomic E-state index is 0.0215. The zero-order valence-electron chi connectivity index (χ0n) is 21.3. The summed E-state index contributed by atoms with van der Waals surface area (Å²) in [6, 6.07) is 21.8. The molecule has 0 bridgehead atoms. The molecule has 1 aromatic heterocycles. The van der Waals surface area contributed by atoms with Crippen LogP contribution in [0.4, 0.5) is 5.69 Å². The average molecular weight is 615 g/mol. The van der Waals surface area contributed by atoms with E-state index >= 15 is 0 Å². The number of pyridine rings is 1. The topological polar surface area (TPSA) is 157 Å². The van der Waals surface area contributed by atoms with Gasteiger partial charge in [0.1, 0.15) is 0 Å². The standard InChI is InChI=1S/C27H23ClN4O7S2/c28-23-11-13-26(14-12-23)41(38,39)31(18-24-5-1-2-15-29-24)17-20-7-9-22(10-8-20)27(33)30-40(36,37)19-21-4-3-6-25(16-21)32(34)35/h1-16H,17-19H2,(H,30,33). The Hall–Kier alpha value is -4.17. The number of aromatic nitrogens is 1. The van der Waals surface area contributed by atoms with Gasteiger partial charge in [0.25, 0.3) is 11.6 Å². The van der Waals surface area contributed by atoms with Gasteiger partial charge in [0.05, 0.1) is 27.8 Å². The van der Waals surface area contributed by atoms with Gasteiger partial charge in [0.2, 0.25) is 20.0 Å². The van der Waals surface area contributed by atoms with Crippen LogP contribution in [0.25, 0.3) is 0 Å². The summed E-state index contributed by atoms with van der Waals surface area (Å²) in [5.74, 6) is -1.54. The van der Waals surface area contributed by atoms with Crippen molar-refractivity contribution < 1.29 is 26.6 Å². The molecule has 0 saturated heterocycles. The molecule has 4 aromatic rings. The van der Waals surface area contributed by atoms with Gasteiger partial charge in [-0.1, -0.05) is 41.9 Å². The highest BCUT2D eigenvalue weighted by molar-refractivity contribution is 7.89. The van der Waals surface area contributed by atoms with E-state index in [9.17, 15) is 31.7 Å². The second kappa shape index (κ2) is 12.6. The molecule has 11 nitrogen and oxygen atoms in total. The first-order chi connectivity index (χ1) is 19.4. The average Bonchev–Trinajstić information content (AvgIpc) is 2.93. The number of nitrogens with one attached hydrogen (secondary N) is 1. The molecular weight excluding hydrogens is 592 g/mol. The van der Waals surface area contributed by atoms with Gasteiger partial charge in [-0.15, -0.1) is 0 Å². The number of nitro benzene ring substituents is 1. The van der Waals surface area contributed by atoms with E-state index in [4.69, 9.17) is 11.6 Å². The number of hydrogen-bond acceptors (Lipinski definition) is 8. The molecule has 212 valence electrons. The van der Waals surface area contributed by atoms with Crippen molar-refractivity contribution in [2.45, 2.75) is 23.7 Å². The van der Waals surface area contributed by atoms with E-state index in [2.05, 4.69) is 4.98 Å². The lowest BCUT2D eigenvalue weighted by Gasteiger charge is -2.22. The van der Waals surface area contributed by atoms with Crippen molar-refractivity contribution in [1.82, 2.24) is 14.0 Å². The van der Waals surface area contributed by atoms with Crippen molar-refractivity contribution in [1.29, 1.82) is 0 Å². The lowest BCUT2D eigenvalue weighted by atomic mass is 10.1. The molecule has 41 heavy (non-hydrogen) atoms. The number of non-ortho nitro benzene ring substituents is 1. The Morgan fingerprint density at radius 2 is 1.59 bits per heavy atom. The molecule has 0 spiro atoms. The normalized spacial score (nSPS) is 11.8. The van der Waals surface area contributed by atoms with Crippen molar-refractivity contribution in [2.75, 3.05) is 0 Å². The van der Waals surface area contributed by atoms with Crippen LogP contribution in [0.15, 0.2) is 102 Å². The highest BCUT2D eigenvalue weighted by Crippen LogP contribution is 2.23. The maximum absolute atomic E-state index is 13.5. The molecule has 0 aliphatic heterocycles. The largest absolute Gasteiger partial charge is 0.269 e. The molecule has 3 aromatic carbocycles. The summed E-state index contributed by atoms with van der Waals surface area (Å²) in [7, 11) is -8.14. The maximum Gasteiger partial charge on any atom is 0.269 e. The molecule has 0 fully saturated rings. The third-order valence-electron chi connectivity index (χ3n) is 5.82. The second-order valence-corrected chi connectivity index (χ2v) is 13.0. The van der Waals surface area contributed by atoms with Crippen LogP contribution in [0.2, 0.25) is 5.02 Å². The molecule has 0 radical (unpaired) electrons. The van der Waals surface area contributed by atoms with E-state index in [1.165, 1.54) is 71.0 Å². The van der Waals surface area contributed by atoms with Crippen LogP contribution in [0.3, 0.4) is 0 Å². The van der Waals surface area contributed by atoms with E-state index in [0.717, 1.165) is 6.07 Å². The Bertz CT molecular complexity index is 1770. The SMILES string of the molecule is O=C(NS(=O)(=O)Cc1cccc([N+](=O)[O-])c1)c1ccc(CN(Cc2ccccn2)S(=O)(=O)c2ccc(Cl)cc2)cc1. The first-order valence-corrected chi connectivity index (χ1v) is 15.4. The van der Waals surface area contributed by atoms with Crippen molar-refractivity contribution in [3.63, 3.8) is 0 Å². The number of nitrogens with zero attached hydrogens (tertiary/aromatic N) is 3. The summed E-state index contributed by atoms with van der Waals surface area (Å²) < 4.78 is 55.2. The lowest BCUT2D eigenvalue weighted by Crippen LogP contribution is -2.32. The Balaban J connectivity index is 1.50. The molecule has 1 amide bonds. The number of rotatable bonds is 11. The predicted molar refractivity (Wildman–Crippen MR) is 152 cm³/mol. The highest BCUT2D eigenvalue weighted by Gasteiger charge is 2.26. The predicted octanol–water partition coefficient (Wildman–Crippen LogP) is 4.29. The Morgan fingerprint density at radius 1 is 0.878 bits per heavy atom. The number of hydrogen-bond donors (Lipinski definition) is 1. The Kier molecular flexibility index (Phi) is 9.13. The van der Waals surface area contributed by atoms with Crippen LogP contribution < -0.4 is 4.72 Å². The number of amides is 1. The summed E-state index contributed by atoms with van der Waals surface area (Å²) >= 11 is 5.93. The third-order valence-corrected chi connectivity index (χ3v) is 9.08. The Morgan fingerprint density at radius 3 is 2.22 bits per heavy atom. The van der Waals surface area contributed by atoms with Gasteiger partial charge >= 0.3 is 0 Å². The first kappa shape index (κ1) is 29.8. The van der Waals surface area contributed by atoms with Crippen LogP contribution in [-0.4, -0.2) is 37.0 Å².